The predicted molar refractivity (Wildman–Crippen MR) is 89.6 cm³/mol. The number of ether oxygens (including phenoxy) is 1. The maximum atomic E-state index is 12.3. The van der Waals surface area contributed by atoms with Gasteiger partial charge in [0.1, 0.15) is 5.75 Å². The Morgan fingerprint density at radius 1 is 1.45 bits per heavy atom. The molecule has 1 N–H and O–H groups in total. The van der Waals surface area contributed by atoms with E-state index in [0.29, 0.717) is 12.6 Å². The lowest BCUT2D eigenvalue weighted by Gasteiger charge is -2.32. The second kappa shape index (κ2) is 6.50. The summed E-state index contributed by atoms with van der Waals surface area (Å²) in [7, 11) is 1.62. The Morgan fingerprint density at radius 3 is 3.14 bits per heavy atom. The number of anilines is 1. The average Bonchev–Trinajstić information content (AvgIpc) is 2.99. The van der Waals surface area contributed by atoms with Crippen molar-refractivity contribution in [1.29, 1.82) is 0 Å². The molecule has 2 aromatic rings. The van der Waals surface area contributed by atoms with Crippen LogP contribution in [0.4, 0.5) is 5.69 Å². The highest BCUT2D eigenvalue weighted by molar-refractivity contribution is 7.10. The number of hydrogen-bond acceptors (Lipinski definition) is 4. The smallest absolute Gasteiger partial charge is 0.238 e. The van der Waals surface area contributed by atoms with E-state index in [2.05, 4.69) is 28.6 Å². The first-order valence-electron chi connectivity index (χ1n) is 7.41. The number of thiophene rings is 1. The SMILES string of the molecule is COc1cccc(NC(=O)CN2CCc3sccc3C2C)c1. The van der Waals surface area contributed by atoms with Gasteiger partial charge in [0, 0.05) is 29.2 Å². The maximum absolute atomic E-state index is 12.3. The van der Waals surface area contributed by atoms with Crippen LogP contribution < -0.4 is 10.1 Å². The molecule has 0 radical (unpaired) electrons. The van der Waals surface area contributed by atoms with Crippen molar-refractivity contribution in [3.05, 3.63) is 46.2 Å². The van der Waals surface area contributed by atoms with Crippen molar-refractivity contribution in [2.24, 2.45) is 0 Å². The van der Waals surface area contributed by atoms with Gasteiger partial charge in [-0.2, -0.15) is 0 Å². The van der Waals surface area contributed by atoms with Gasteiger partial charge in [0.25, 0.3) is 0 Å². The van der Waals surface area contributed by atoms with Gasteiger partial charge in [0.2, 0.25) is 5.91 Å². The van der Waals surface area contributed by atoms with E-state index in [4.69, 9.17) is 4.74 Å². The summed E-state index contributed by atoms with van der Waals surface area (Å²) in [6, 6.07) is 9.91. The molecule has 1 aliphatic rings. The summed E-state index contributed by atoms with van der Waals surface area (Å²) in [5.41, 5.74) is 2.13. The third-order valence-electron chi connectivity index (χ3n) is 4.10. The minimum Gasteiger partial charge on any atom is -0.497 e. The molecule has 2 heterocycles. The molecular formula is C17H20N2O2S. The summed E-state index contributed by atoms with van der Waals surface area (Å²) in [6.45, 7) is 3.51. The summed E-state index contributed by atoms with van der Waals surface area (Å²) >= 11 is 1.82. The highest BCUT2D eigenvalue weighted by Crippen LogP contribution is 2.32. The van der Waals surface area contributed by atoms with Gasteiger partial charge >= 0.3 is 0 Å². The fraction of sp³-hybridized carbons (Fsp3) is 0.353. The van der Waals surface area contributed by atoms with Crippen LogP contribution in [0, 0.1) is 0 Å². The number of rotatable bonds is 4. The average molecular weight is 316 g/mol. The number of fused-ring (bicyclic) bond motifs is 1. The third kappa shape index (κ3) is 3.15. The van der Waals surface area contributed by atoms with Crippen LogP contribution in [-0.2, 0) is 11.2 Å². The van der Waals surface area contributed by atoms with Gasteiger partial charge in [-0.05, 0) is 42.5 Å². The van der Waals surface area contributed by atoms with Gasteiger partial charge in [-0.1, -0.05) is 6.07 Å². The lowest BCUT2D eigenvalue weighted by Crippen LogP contribution is -2.39. The molecule has 1 amide bonds. The molecular weight excluding hydrogens is 296 g/mol. The summed E-state index contributed by atoms with van der Waals surface area (Å²) in [6.07, 6.45) is 1.03. The van der Waals surface area contributed by atoms with E-state index in [0.717, 1.165) is 24.4 Å². The summed E-state index contributed by atoms with van der Waals surface area (Å²) in [5.74, 6) is 0.755. The molecule has 1 aliphatic heterocycles. The minimum atomic E-state index is 0.0128. The molecule has 3 rings (SSSR count). The van der Waals surface area contributed by atoms with Crippen LogP contribution >= 0.6 is 11.3 Å². The minimum absolute atomic E-state index is 0.0128. The van der Waals surface area contributed by atoms with E-state index < -0.39 is 0 Å². The molecule has 4 nitrogen and oxygen atoms in total. The zero-order chi connectivity index (χ0) is 15.5. The van der Waals surface area contributed by atoms with Crippen molar-refractivity contribution in [2.45, 2.75) is 19.4 Å². The summed E-state index contributed by atoms with van der Waals surface area (Å²) < 4.78 is 5.17. The molecule has 0 bridgehead atoms. The highest BCUT2D eigenvalue weighted by Gasteiger charge is 2.26. The van der Waals surface area contributed by atoms with Gasteiger partial charge < -0.3 is 10.1 Å². The second-order valence-corrected chi connectivity index (χ2v) is 6.48. The maximum Gasteiger partial charge on any atom is 0.238 e. The Balaban J connectivity index is 1.62. The molecule has 1 atom stereocenters. The van der Waals surface area contributed by atoms with Crippen LogP contribution in [0.25, 0.3) is 0 Å². The number of nitrogens with zero attached hydrogens (tertiary/aromatic N) is 1. The molecule has 1 aromatic heterocycles. The van der Waals surface area contributed by atoms with Gasteiger partial charge in [-0.3, -0.25) is 9.69 Å². The third-order valence-corrected chi connectivity index (χ3v) is 5.10. The highest BCUT2D eigenvalue weighted by atomic mass is 32.1. The Kier molecular flexibility index (Phi) is 4.45. The van der Waals surface area contributed by atoms with Crippen LogP contribution in [0.5, 0.6) is 5.75 Å². The van der Waals surface area contributed by atoms with Gasteiger partial charge in [0.15, 0.2) is 0 Å². The van der Waals surface area contributed by atoms with Crippen molar-refractivity contribution in [2.75, 3.05) is 25.5 Å². The molecule has 1 aromatic carbocycles. The standard InChI is InChI=1S/C17H20N2O2S/c1-12-15-7-9-22-16(15)6-8-19(12)11-17(20)18-13-4-3-5-14(10-13)21-2/h3-5,7,9-10,12H,6,8,11H2,1-2H3,(H,18,20). The molecule has 0 saturated heterocycles. The van der Waals surface area contributed by atoms with Crippen molar-refractivity contribution >= 4 is 22.9 Å². The number of carbonyl (C=O) groups is 1. The van der Waals surface area contributed by atoms with Crippen LogP contribution in [0.15, 0.2) is 35.7 Å². The molecule has 0 aliphatic carbocycles. The Morgan fingerprint density at radius 2 is 2.32 bits per heavy atom. The zero-order valence-corrected chi connectivity index (χ0v) is 13.7. The van der Waals surface area contributed by atoms with E-state index in [-0.39, 0.29) is 5.91 Å². The first kappa shape index (κ1) is 15.1. The molecule has 0 fully saturated rings. The van der Waals surface area contributed by atoms with Crippen LogP contribution in [0.2, 0.25) is 0 Å². The lowest BCUT2D eigenvalue weighted by atomic mass is 10.0. The van der Waals surface area contributed by atoms with Crippen molar-refractivity contribution in [1.82, 2.24) is 4.90 Å². The molecule has 0 spiro atoms. The summed E-state index contributed by atoms with van der Waals surface area (Å²) in [5, 5.41) is 5.08. The van der Waals surface area contributed by atoms with Crippen LogP contribution in [-0.4, -0.2) is 31.0 Å². The number of benzene rings is 1. The van der Waals surface area contributed by atoms with Crippen molar-refractivity contribution in [3.8, 4) is 5.75 Å². The number of carbonyl (C=O) groups excluding carboxylic acids is 1. The molecule has 5 heteroatoms. The first-order valence-corrected chi connectivity index (χ1v) is 8.29. The number of amides is 1. The van der Waals surface area contributed by atoms with Crippen LogP contribution in [0.1, 0.15) is 23.4 Å². The number of hydrogen-bond donors (Lipinski definition) is 1. The first-order chi connectivity index (χ1) is 10.7. The normalized spacial score (nSPS) is 17.8. The predicted octanol–water partition coefficient (Wildman–Crippen LogP) is 3.31. The van der Waals surface area contributed by atoms with Crippen molar-refractivity contribution < 1.29 is 9.53 Å². The van der Waals surface area contributed by atoms with Gasteiger partial charge in [-0.15, -0.1) is 11.3 Å². The van der Waals surface area contributed by atoms with E-state index in [1.807, 2.05) is 35.6 Å². The number of nitrogens with one attached hydrogen (secondary N) is 1. The summed E-state index contributed by atoms with van der Waals surface area (Å²) in [4.78, 5) is 16.0. The number of methoxy groups -OCH3 is 1. The molecule has 0 saturated carbocycles. The van der Waals surface area contributed by atoms with E-state index in [1.165, 1.54) is 10.4 Å². The molecule has 1 unspecified atom stereocenters. The molecule has 22 heavy (non-hydrogen) atoms. The fourth-order valence-electron chi connectivity index (χ4n) is 2.86. The largest absolute Gasteiger partial charge is 0.497 e. The van der Waals surface area contributed by atoms with Gasteiger partial charge in [-0.25, -0.2) is 0 Å². The van der Waals surface area contributed by atoms with E-state index >= 15 is 0 Å². The quantitative estimate of drug-likeness (QED) is 0.941. The Labute approximate surface area is 134 Å². The monoisotopic (exact) mass is 316 g/mol. The zero-order valence-electron chi connectivity index (χ0n) is 12.8. The van der Waals surface area contributed by atoms with E-state index in [9.17, 15) is 4.79 Å². The van der Waals surface area contributed by atoms with Crippen molar-refractivity contribution in [3.63, 3.8) is 0 Å². The van der Waals surface area contributed by atoms with E-state index in [1.54, 1.807) is 7.11 Å². The van der Waals surface area contributed by atoms with Gasteiger partial charge in [0.05, 0.1) is 13.7 Å². The lowest BCUT2D eigenvalue weighted by molar-refractivity contribution is -0.117. The second-order valence-electron chi connectivity index (χ2n) is 5.48. The topological polar surface area (TPSA) is 41.6 Å². The Hall–Kier alpha value is -1.85. The Bertz CT molecular complexity index is 668. The fourth-order valence-corrected chi connectivity index (χ4v) is 3.83. The van der Waals surface area contributed by atoms with Crippen LogP contribution in [0.3, 0.4) is 0 Å². The molecule has 116 valence electrons.